The Bertz CT molecular complexity index is 65.9. The molecule has 0 aliphatic heterocycles. The fourth-order valence-corrected chi connectivity index (χ4v) is 0.0417. The third-order valence-corrected chi connectivity index (χ3v) is 0.360. The van der Waals surface area contributed by atoms with Gasteiger partial charge in [0.2, 0.25) is 0 Å². The molecule has 0 saturated carbocycles. The molecule has 0 N–H and O–H groups in total. The predicted molar refractivity (Wildman–Crippen MR) is 21.8 cm³/mol. The van der Waals surface area contributed by atoms with Gasteiger partial charge in [0.15, 0.2) is 5.76 Å². The summed E-state index contributed by atoms with van der Waals surface area (Å²) in [6.07, 6.45) is 1.45. The summed E-state index contributed by atoms with van der Waals surface area (Å²) < 4.78 is 4.28. The summed E-state index contributed by atoms with van der Waals surface area (Å²) in [6.45, 7) is 3.15. The lowest BCUT2D eigenvalue weighted by atomic mass is 10.6. The molecule has 1 radical (unpaired) electrons. The lowest BCUT2D eigenvalue weighted by molar-refractivity contribution is 0.312. The second-order valence-corrected chi connectivity index (χ2v) is 0.729. The molecule has 6 heavy (non-hydrogen) atoms. The largest absolute Gasteiger partial charge is 0.493 e. The lowest BCUT2D eigenvalue weighted by Gasteiger charge is -1.85. The van der Waals surface area contributed by atoms with Gasteiger partial charge in [-0.15, -0.1) is 0 Å². The summed E-state index contributed by atoms with van der Waals surface area (Å²) in [5.41, 5.74) is 0. The van der Waals surface area contributed by atoms with Crippen LogP contribution < -0.4 is 0 Å². The van der Waals surface area contributed by atoms with E-state index in [1.54, 1.807) is 0 Å². The molecule has 2 heteroatoms. The Morgan fingerprint density at radius 2 is 2.50 bits per heavy atom. The molecule has 0 rings (SSSR count). The van der Waals surface area contributed by atoms with E-state index in [2.05, 4.69) is 11.3 Å². The molecule has 0 aromatic carbocycles. The smallest absolute Gasteiger partial charge is 0.270 e. The number of carbonyl (C=O) groups excluding carboxylic acids is 1. The number of hydrogen-bond acceptors (Lipinski definition) is 2. The van der Waals surface area contributed by atoms with Crippen LogP contribution in [0.2, 0.25) is 0 Å². The molecular weight excluding hydrogens is 80.0 g/mol. The van der Waals surface area contributed by atoms with Crippen LogP contribution in [0.15, 0.2) is 12.3 Å². The molecule has 0 aromatic heterocycles. The highest BCUT2D eigenvalue weighted by Gasteiger charge is 1.80. The topological polar surface area (TPSA) is 26.3 Å². The van der Waals surface area contributed by atoms with Crippen LogP contribution in [-0.2, 0) is 9.53 Å². The Hall–Kier alpha value is -0.790. The Kier molecular flexibility index (Phi) is 2.13. The van der Waals surface area contributed by atoms with Crippen LogP contribution in [0.3, 0.4) is 0 Å². The van der Waals surface area contributed by atoms with Crippen molar-refractivity contribution in [1.82, 2.24) is 0 Å². The van der Waals surface area contributed by atoms with Crippen molar-refractivity contribution in [2.75, 3.05) is 7.11 Å². The van der Waals surface area contributed by atoms with Crippen molar-refractivity contribution in [3.05, 3.63) is 12.3 Å². The van der Waals surface area contributed by atoms with Crippen molar-refractivity contribution in [2.45, 2.75) is 0 Å². The van der Waals surface area contributed by atoms with Gasteiger partial charge in [-0.3, -0.25) is 4.79 Å². The fraction of sp³-hybridized carbons (Fsp3) is 0.250. The highest BCUT2D eigenvalue weighted by Crippen LogP contribution is 1.77. The van der Waals surface area contributed by atoms with E-state index in [1.165, 1.54) is 13.4 Å². The molecule has 0 aliphatic carbocycles. The van der Waals surface area contributed by atoms with Crippen LogP contribution in [0.4, 0.5) is 0 Å². The minimum absolute atomic E-state index is 0.0370. The lowest BCUT2D eigenvalue weighted by Crippen LogP contribution is -1.81. The van der Waals surface area contributed by atoms with Crippen molar-refractivity contribution in [2.24, 2.45) is 0 Å². The van der Waals surface area contributed by atoms with E-state index in [0.717, 1.165) is 0 Å². The maximum Gasteiger partial charge on any atom is 0.270 e. The molecule has 0 unspecified atom stereocenters. The van der Waals surface area contributed by atoms with Crippen LogP contribution in [0.5, 0.6) is 0 Å². The molecule has 0 saturated heterocycles. The van der Waals surface area contributed by atoms with E-state index >= 15 is 0 Å². The summed E-state index contributed by atoms with van der Waals surface area (Å²) in [5, 5.41) is 0. The van der Waals surface area contributed by atoms with E-state index in [1.807, 2.05) is 0 Å². The summed E-state index contributed by atoms with van der Waals surface area (Å²) in [7, 11) is 1.37. The van der Waals surface area contributed by atoms with Gasteiger partial charge in [-0.1, -0.05) is 6.58 Å². The van der Waals surface area contributed by atoms with Crippen LogP contribution in [0.25, 0.3) is 0 Å². The molecule has 0 aromatic rings. The van der Waals surface area contributed by atoms with Crippen LogP contribution in [-0.4, -0.2) is 13.4 Å². The highest BCUT2D eigenvalue weighted by molar-refractivity contribution is 5.69. The van der Waals surface area contributed by atoms with Gasteiger partial charge in [-0.05, 0) is 0 Å². The number of hydrogen-bond donors (Lipinski definition) is 0. The summed E-state index contributed by atoms with van der Waals surface area (Å²) in [5.74, 6) is 0.0370. The Morgan fingerprint density at radius 3 is 2.50 bits per heavy atom. The minimum atomic E-state index is 0.0370. The highest BCUT2D eigenvalue weighted by atomic mass is 16.5. The van der Waals surface area contributed by atoms with Gasteiger partial charge in [0.05, 0.1) is 7.11 Å². The first kappa shape index (κ1) is 5.21. The zero-order valence-corrected chi connectivity index (χ0v) is 3.52. The van der Waals surface area contributed by atoms with Gasteiger partial charge >= 0.3 is 0 Å². The fourth-order valence-electron chi connectivity index (χ4n) is 0.0417. The van der Waals surface area contributed by atoms with Gasteiger partial charge < -0.3 is 4.74 Å². The molecule has 0 heterocycles. The van der Waals surface area contributed by atoms with E-state index in [0.29, 0.717) is 0 Å². The molecule has 2 nitrogen and oxygen atoms in total. The van der Waals surface area contributed by atoms with Crippen molar-refractivity contribution in [1.29, 1.82) is 0 Å². The Labute approximate surface area is 36.4 Å². The first-order valence-electron chi connectivity index (χ1n) is 1.42. The zero-order chi connectivity index (χ0) is 4.99. The summed E-state index contributed by atoms with van der Waals surface area (Å²) in [4.78, 5) is 9.39. The number of allylic oxidation sites excluding steroid dienone is 1. The molecule has 0 amide bonds. The van der Waals surface area contributed by atoms with E-state index in [9.17, 15) is 4.79 Å². The first-order chi connectivity index (χ1) is 2.81. The molecule has 0 atom stereocenters. The van der Waals surface area contributed by atoms with Crippen molar-refractivity contribution < 1.29 is 9.53 Å². The van der Waals surface area contributed by atoms with Crippen LogP contribution in [0.1, 0.15) is 0 Å². The first-order valence-corrected chi connectivity index (χ1v) is 1.42. The van der Waals surface area contributed by atoms with Crippen molar-refractivity contribution in [3.8, 4) is 0 Å². The third kappa shape index (κ3) is 1.52. The number of ether oxygens (including phenoxy) is 1. The van der Waals surface area contributed by atoms with Crippen molar-refractivity contribution >= 4 is 6.29 Å². The monoisotopic (exact) mass is 85.0 g/mol. The second kappa shape index (κ2) is 2.45. The molecule has 0 fully saturated rings. The standard InChI is InChI=1S/C4H5O2/c1-4(3-5)6-2/h1H2,2H3. The SMILES string of the molecule is C=C([C]=O)OC. The van der Waals surface area contributed by atoms with Gasteiger partial charge in [0.1, 0.15) is 0 Å². The molecule has 0 spiro atoms. The molecule has 0 aliphatic rings. The maximum atomic E-state index is 9.39. The van der Waals surface area contributed by atoms with Gasteiger partial charge in [0.25, 0.3) is 6.29 Å². The second-order valence-electron chi connectivity index (χ2n) is 0.729. The predicted octanol–water partition coefficient (Wildman–Crippen LogP) is 0.256. The quantitative estimate of drug-likeness (QED) is 0.355. The maximum absolute atomic E-state index is 9.39. The van der Waals surface area contributed by atoms with Gasteiger partial charge in [-0.25, -0.2) is 0 Å². The van der Waals surface area contributed by atoms with Crippen LogP contribution in [0, 0.1) is 0 Å². The van der Waals surface area contributed by atoms with Crippen LogP contribution >= 0.6 is 0 Å². The minimum Gasteiger partial charge on any atom is -0.493 e. The van der Waals surface area contributed by atoms with E-state index in [-0.39, 0.29) is 5.76 Å². The number of rotatable bonds is 2. The molecular formula is C4H5O2. The number of methoxy groups -OCH3 is 1. The molecule has 0 bridgehead atoms. The zero-order valence-electron chi connectivity index (χ0n) is 3.52. The summed E-state index contributed by atoms with van der Waals surface area (Å²) >= 11 is 0. The van der Waals surface area contributed by atoms with Gasteiger partial charge in [0, 0.05) is 0 Å². The Morgan fingerprint density at radius 1 is 2.00 bits per heavy atom. The van der Waals surface area contributed by atoms with E-state index < -0.39 is 0 Å². The summed E-state index contributed by atoms with van der Waals surface area (Å²) in [6, 6.07) is 0. The average Bonchev–Trinajstić information content (AvgIpc) is 1.65. The van der Waals surface area contributed by atoms with E-state index in [4.69, 9.17) is 0 Å². The molecule has 33 valence electrons. The Balaban J connectivity index is 3.23. The normalized spacial score (nSPS) is 6.83. The average molecular weight is 85.1 g/mol. The third-order valence-electron chi connectivity index (χ3n) is 0.360. The van der Waals surface area contributed by atoms with Crippen molar-refractivity contribution in [3.63, 3.8) is 0 Å². The van der Waals surface area contributed by atoms with Gasteiger partial charge in [-0.2, -0.15) is 0 Å².